The normalized spacial score (nSPS) is 20.6. The van der Waals surface area contributed by atoms with Crippen LogP contribution in [0.4, 0.5) is 10.5 Å². The first-order chi connectivity index (χ1) is 12.5. The minimum Gasteiger partial charge on any atom is -0.444 e. The molecule has 27 heavy (non-hydrogen) atoms. The zero-order valence-corrected chi connectivity index (χ0v) is 16.6. The molecule has 0 aromatic heterocycles. The van der Waals surface area contributed by atoms with Crippen molar-refractivity contribution in [3.8, 4) is 0 Å². The number of nitrogens with one attached hydrogen (secondary N) is 2. The Labute approximate surface area is 163 Å². The first kappa shape index (κ1) is 21.0. The lowest BCUT2D eigenvalue weighted by molar-refractivity contribution is -0.151. The van der Waals surface area contributed by atoms with E-state index in [1.165, 1.54) is 6.92 Å². The van der Waals surface area contributed by atoms with E-state index in [1.54, 1.807) is 32.9 Å². The number of fused-ring (bicyclic) bond motifs is 1. The molecule has 2 rings (SSSR count). The van der Waals surface area contributed by atoms with Gasteiger partial charge in [-0.05, 0) is 45.7 Å². The van der Waals surface area contributed by atoms with Crippen molar-refractivity contribution in [1.29, 1.82) is 0 Å². The Morgan fingerprint density at radius 1 is 1.33 bits per heavy atom. The molecule has 8 heteroatoms. The van der Waals surface area contributed by atoms with Crippen LogP contribution < -0.4 is 10.6 Å². The molecule has 0 radical (unpaired) electrons. The Kier molecular flexibility index (Phi) is 6.70. The van der Waals surface area contributed by atoms with Crippen LogP contribution in [-0.2, 0) is 19.1 Å². The van der Waals surface area contributed by atoms with Crippen LogP contribution in [0.2, 0.25) is 0 Å². The second-order valence-corrected chi connectivity index (χ2v) is 7.99. The Balaban J connectivity index is 1.90. The molecule has 1 heterocycles. The smallest absolute Gasteiger partial charge is 0.410 e. The summed E-state index contributed by atoms with van der Waals surface area (Å²) in [5.74, 6) is -1.51. The average Bonchev–Trinajstić information content (AvgIpc) is 2.62. The topological polar surface area (TPSA) is 93.7 Å². The van der Waals surface area contributed by atoms with Crippen LogP contribution in [0.1, 0.15) is 51.5 Å². The highest BCUT2D eigenvalue weighted by atomic mass is 35.5. The Morgan fingerprint density at radius 2 is 2.00 bits per heavy atom. The summed E-state index contributed by atoms with van der Waals surface area (Å²) in [5, 5.41) is 4.83. The molecular formula is C19H25ClN2O5. The molecular weight excluding hydrogens is 372 g/mol. The number of ether oxygens (including phenoxy) is 2. The zero-order chi connectivity index (χ0) is 20.2. The van der Waals surface area contributed by atoms with E-state index < -0.39 is 35.2 Å². The fraction of sp³-hybridized carbons (Fsp3) is 0.526. The van der Waals surface area contributed by atoms with Crippen LogP contribution in [0.15, 0.2) is 24.3 Å². The molecule has 1 aromatic carbocycles. The monoisotopic (exact) mass is 396 g/mol. The number of esters is 1. The molecule has 1 aliphatic rings. The molecule has 2 N–H and O–H groups in total. The number of alkyl carbamates (subject to hydrolysis) is 1. The number of benzene rings is 1. The van der Waals surface area contributed by atoms with E-state index >= 15 is 0 Å². The summed E-state index contributed by atoms with van der Waals surface area (Å²) in [6, 6.07) is 7.28. The van der Waals surface area contributed by atoms with Crippen molar-refractivity contribution in [1.82, 2.24) is 5.32 Å². The highest BCUT2D eigenvalue weighted by molar-refractivity contribution is 6.22. The van der Waals surface area contributed by atoms with Crippen LogP contribution in [0.5, 0.6) is 0 Å². The number of carbonyl (C=O) groups excluding carboxylic acids is 3. The number of alkyl halides is 1. The van der Waals surface area contributed by atoms with Crippen LogP contribution in [0.3, 0.4) is 0 Å². The Morgan fingerprint density at radius 3 is 2.67 bits per heavy atom. The fourth-order valence-corrected chi connectivity index (χ4v) is 3.13. The number of hydrogen-bond donors (Lipinski definition) is 2. The summed E-state index contributed by atoms with van der Waals surface area (Å²) < 4.78 is 10.3. The first-order valence-electron chi connectivity index (χ1n) is 8.78. The molecule has 2 amide bonds. The minimum absolute atomic E-state index is 0.136. The summed E-state index contributed by atoms with van der Waals surface area (Å²) in [6.45, 7) is 6.70. The number of halogens is 1. The third kappa shape index (κ3) is 6.43. The first-order valence-corrected chi connectivity index (χ1v) is 9.21. The van der Waals surface area contributed by atoms with Crippen LogP contribution >= 0.6 is 11.6 Å². The lowest BCUT2D eigenvalue weighted by Gasteiger charge is -2.22. The summed E-state index contributed by atoms with van der Waals surface area (Å²) >= 11 is 6.41. The van der Waals surface area contributed by atoms with Gasteiger partial charge in [0, 0.05) is 5.69 Å². The van der Waals surface area contributed by atoms with Crippen molar-refractivity contribution in [2.24, 2.45) is 5.92 Å². The van der Waals surface area contributed by atoms with Crippen molar-refractivity contribution in [3.63, 3.8) is 0 Å². The zero-order valence-electron chi connectivity index (χ0n) is 15.9. The molecule has 0 spiro atoms. The van der Waals surface area contributed by atoms with Crippen LogP contribution in [-0.4, -0.2) is 29.8 Å². The largest absolute Gasteiger partial charge is 0.444 e. The van der Waals surface area contributed by atoms with Crippen molar-refractivity contribution in [3.05, 3.63) is 29.8 Å². The summed E-state index contributed by atoms with van der Waals surface area (Å²) in [6.07, 6.45) is -1.40. The third-order valence-electron chi connectivity index (χ3n) is 3.86. The molecule has 0 saturated heterocycles. The van der Waals surface area contributed by atoms with E-state index in [4.69, 9.17) is 21.1 Å². The number of para-hydroxylation sites is 1. The molecule has 7 nitrogen and oxygen atoms in total. The summed E-state index contributed by atoms with van der Waals surface area (Å²) in [4.78, 5) is 36.3. The lowest BCUT2D eigenvalue weighted by atomic mass is 9.97. The molecule has 1 aliphatic heterocycles. The SMILES string of the molecule is CC(NC(=O)OC(C)(C)C)OC(=O)CC1CC(Cl)c2ccccc2NC1=O. The van der Waals surface area contributed by atoms with Gasteiger partial charge < -0.3 is 14.8 Å². The highest BCUT2D eigenvalue weighted by Gasteiger charge is 2.31. The van der Waals surface area contributed by atoms with Gasteiger partial charge in [-0.2, -0.15) is 0 Å². The van der Waals surface area contributed by atoms with Gasteiger partial charge in [0.2, 0.25) is 5.91 Å². The maximum atomic E-state index is 12.4. The number of carbonyl (C=O) groups is 3. The van der Waals surface area contributed by atoms with Gasteiger partial charge in [0.05, 0.1) is 17.7 Å². The van der Waals surface area contributed by atoms with Crippen LogP contribution in [0.25, 0.3) is 0 Å². The fourth-order valence-electron chi connectivity index (χ4n) is 2.73. The second kappa shape index (κ2) is 8.61. The number of hydrogen-bond acceptors (Lipinski definition) is 5. The molecule has 0 saturated carbocycles. The molecule has 0 aliphatic carbocycles. The lowest BCUT2D eigenvalue weighted by Crippen LogP contribution is -2.40. The van der Waals surface area contributed by atoms with E-state index in [1.807, 2.05) is 12.1 Å². The van der Waals surface area contributed by atoms with Gasteiger partial charge >= 0.3 is 12.1 Å². The van der Waals surface area contributed by atoms with E-state index in [9.17, 15) is 14.4 Å². The summed E-state index contributed by atoms with van der Waals surface area (Å²) in [7, 11) is 0. The minimum atomic E-state index is -0.884. The third-order valence-corrected chi connectivity index (χ3v) is 4.27. The van der Waals surface area contributed by atoms with Crippen LogP contribution in [0, 0.1) is 5.92 Å². The van der Waals surface area contributed by atoms with Crippen molar-refractivity contribution in [2.45, 2.75) is 57.7 Å². The van der Waals surface area contributed by atoms with E-state index in [0.717, 1.165) is 5.56 Å². The highest BCUT2D eigenvalue weighted by Crippen LogP contribution is 2.37. The maximum Gasteiger partial charge on any atom is 0.410 e. The van der Waals surface area contributed by atoms with Gasteiger partial charge in [-0.25, -0.2) is 4.79 Å². The van der Waals surface area contributed by atoms with Gasteiger partial charge in [-0.1, -0.05) is 18.2 Å². The predicted octanol–water partition coefficient (Wildman–Crippen LogP) is 3.73. The molecule has 3 unspecified atom stereocenters. The average molecular weight is 397 g/mol. The standard InChI is InChI=1S/C19H25ClN2O5/c1-11(21-18(25)27-19(2,3)4)26-16(23)10-12-9-14(20)13-7-5-6-8-15(13)22-17(12)24/h5-8,11-12,14H,9-10H2,1-4H3,(H,21,25)(H,22,24). The molecule has 0 bridgehead atoms. The maximum absolute atomic E-state index is 12.4. The summed E-state index contributed by atoms with van der Waals surface area (Å²) in [5.41, 5.74) is 0.818. The number of rotatable bonds is 4. The van der Waals surface area contributed by atoms with Crippen molar-refractivity contribution in [2.75, 3.05) is 5.32 Å². The molecule has 1 aromatic rings. The Bertz CT molecular complexity index is 716. The van der Waals surface area contributed by atoms with Gasteiger partial charge in [0.25, 0.3) is 0 Å². The predicted molar refractivity (Wildman–Crippen MR) is 101 cm³/mol. The van der Waals surface area contributed by atoms with Crippen molar-refractivity contribution < 1.29 is 23.9 Å². The van der Waals surface area contributed by atoms with Crippen molar-refractivity contribution >= 4 is 35.3 Å². The van der Waals surface area contributed by atoms with Gasteiger partial charge in [0.15, 0.2) is 6.23 Å². The Hall–Kier alpha value is -2.28. The number of anilines is 1. The molecule has 3 atom stereocenters. The van der Waals surface area contributed by atoms with Gasteiger partial charge in [-0.3, -0.25) is 14.9 Å². The molecule has 0 fully saturated rings. The molecule has 148 valence electrons. The van der Waals surface area contributed by atoms with E-state index in [-0.39, 0.29) is 12.3 Å². The van der Waals surface area contributed by atoms with Gasteiger partial charge in [-0.15, -0.1) is 11.6 Å². The second-order valence-electron chi connectivity index (χ2n) is 7.46. The van der Waals surface area contributed by atoms with Gasteiger partial charge in [0.1, 0.15) is 5.60 Å². The quantitative estimate of drug-likeness (QED) is 0.459. The van der Waals surface area contributed by atoms with E-state index in [2.05, 4.69) is 10.6 Å². The number of amides is 2. The van der Waals surface area contributed by atoms with E-state index in [0.29, 0.717) is 12.1 Å².